The lowest BCUT2D eigenvalue weighted by molar-refractivity contribution is -0.123. The molecule has 4 rings (SSSR count). The Morgan fingerprint density at radius 1 is 1.05 bits per heavy atom. The van der Waals surface area contributed by atoms with Gasteiger partial charge in [0, 0.05) is 5.56 Å². The van der Waals surface area contributed by atoms with E-state index in [1.165, 1.54) is 0 Å². The summed E-state index contributed by atoms with van der Waals surface area (Å²) in [6.45, 7) is 0. The number of fused-ring (bicyclic) bond motifs is 1. The number of nitrogens with zero attached hydrogens (tertiary/aromatic N) is 2. The third-order valence-electron chi connectivity index (χ3n) is 3.38. The average molecular weight is 292 g/mol. The molecule has 6 heteroatoms. The summed E-state index contributed by atoms with van der Waals surface area (Å²) >= 11 is 0. The van der Waals surface area contributed by atoms with E-state index < -0.39 is 6.10 Å². The van der Waals surface area contributed by atoms with Crippen LogP contribution in [0.1, 0.15) is 11.7 Å². The highest BCUT2D eigenvalue weighted by molar-refractivity contribution is 6.03. The Morgan fingerprint density at radius 3 is 2.64 bits per heavy atom. The molecule has 0 spiro atoms. The van der Waals surface area contributed by atoms with Crippen LogP contribution in [0.2, 0.25) is 0 Å². The van der Waals surface area contributed by atoms with Gasteiger partial charge in [0.1, 0.15) is 0 Å². The lowest BCUT2D eigenvalue weighted by atomic mass is 10.1. The van der Waals surface area contributed by atoms with Crippen LogP contribution in [0.15, 0.2) is 59.6 Å². The van der Waals surface area contributed by atoms with Gasteiger partial charge in [0.25, 0.3) is 5.91 Å². The third kappa shape index (κ3) is 2.20. The zero-order chi connectivity index (χ0) is 14.9. The molecule has 1 aromatic heterocycles. The van der Waals surface area contributed by atoms with Crippen LogP contribution in [0.5, 0.6) is 0 Å². The molecule has 1 unspecified atom stereocenters. The molecule has 2 N–H and O–H groups in total. The molecule has 0 saturated carbocycles. The molecule has 2 aromatic carbocycles. The second-order valence-electron chi connectivity index (χ2n) is 4.89. The molecule has 0 radical (unpaired) electrons. The normalized spacial score (nSPS) is 19.4. The van der Waals surface area contributed by atoms with Crippen LogP contribution in [0.25, 0.3) is 11.0 Å². The summed E-state index contributed by atoms with van der Waals surface area (Å²) in [6.07, 6.45) is -0.677. The van der Waals surface area contributed by atoms with Crippen molar-refractivity contribution >= 4 is 28.9 Å². The number of carbonyl (C=O) groups is 1. The number of imidazole rings is 1. The molecular formula is C16H12N4O2. The van der Waals surface area contributed by atoms with Crippen molar-refractivity contribution < 1.29 is 9.53 Å². The Hall–Kier alpha value is -3.15. The summed E-state index contributed by atoms with van der Waals surface area (Å²) in [5.74, 6) is 0.159. The quantitative estimate of drug-likeness (QED) is 0.761. The van der Waals surface area contributed by atoms with Crippen LogP contribution in [-0.4, -0.2) is 21.9 Å². The molecule has 2 heterocycles. The summed E-state index contributed by atoms with van der Waals surface area (Å²) in [7, 11) is 0. The van der Waals surface area contributed by atoms with Crippen molar-refractivity contribution in [3.63, 3.8) is 0 Å². The molecule has 1 aliphatic heterocycles. The van der Waals surface area contributed by atoms with Crippen molar-refractivity contribution in [3.8, 4) is 0 Å². The van der Waals surface area contributed by atoms with Crippen molar-refractivity contribution in [1.82, 2.24) is 15.3 Å². The largest absolute Gasteiger partial charge is 0.446 e. The summed E-state index contributed by atoms with van der Waals surface area (Å²) < 4.78 is 5.59. The first-order valence-corrected chi connectivity index (χ1v) is 6.85. The molecule has 6 nitrogen and oxygen atoms in total. The van der Waals surface area contributed by atoms with E-state index in [0.29, 0.717) is 5.95 Å². The van der Waals surface area contributed by atoms with E-state index in [0.717, 1.165) is 16.6 Å². The van der Waals surface area contributed by atoms with Crippen molar-refractivity contribution in [1.29, 1.82) is 0 Å². The third-order valence-corrected chi connectivity index (χ3v) is 3.38. The van der Waals surface area contributed by atoms with Gasteiger partial charge in [-0.05, 0) is 12.1 Å². The number of rotatable bonds is 2. The molecule has 1 saturated heterocycles. The van der Waals surface area contributed by atoms with Crippen LogP contribution < -0.4 is 5.32 Å². The SMILES string of the molecule is O=C1N/C(=N\c2nc3ccccc3[nH]2)OC1c1ccccc1. The molecule has 1 fully saturated rings. The predicted octanol–water partition coefficient (Wildman–Crippen LogP) is 2.44. The van der Waals surface area contributed by atoms with Crippen molar-refractivity contribution in [3.05, 3.63) is 60.2 Å². The molecule has 3 aromatic rings. The van der Waals surface area contributed by atoms with Crippen LogP contribution >= 0.6 is 0 Å². The van der Waals surface area contributed by atoms with Gasteiger partial charge in [-0.2, -0.15) is 4.99 Å². The number of nitrogens with one attached hydrogen (secondary N) is 2. The molecule has 0 bridgehead atoms. The zero-order valence-electron chi connectivity index (χ0n) is 11.5. The lowest BCUT2D eigenvalue weighted by Gasteiger charge is -2.05. The maximum Gasteiger partial charge on any atom is 0.300 e. The topological polar surface area (TPSA) is 79.4 Å². The van der Waals surface area contributed by atoms with Crippen LogP contribution in [0.3, 0.4) is 0 Å². The van der Waals surface area contributed by atoms with Gasteiger partial charge >= 0.3 is 6.02 Å². The second kappa shape index (κ2) is 5.00. The number of para-hydroxylation sites is 2. The van der Waals surface area contributed by atoms with Gasteiger partial charge in [-0.25, -0.2) is 4.98 Å². The predicted molar refractivity (Wildman–Crippen MR) is 81.6 cm³/mol. The standard InChI is InChI=1S/C16H12N4O2/c21-14-13(10-6-2-1-3-7-10)22-16(19-14)20-15-17-11-8-4-5-9-12(11)18-15/h1-9,13H,(H2,17,18,19,20,21). The van der Waals surface area contributed by atoms with E-state index in [1.807, 2.05) is 54.6 Å². The Morgan fingerprint density at radius 2 is 1.82 bits per heavy atom. The number of ether oxygens (including phenoxy) is 1. The fraction of sp³-hybridized carbons (Fsp3) is 0.0625. The molecule has 108 valence electrons. The van der Waals surface area contributed by atoms with E-state index in [2.05, 4.69) is 20.3 Å². The average Bonchev–Trinajstić information content (AvgIpc) is 3.11. The monoisotopic (exact) mass is 292 g/mol. The Labute approximate surface area is 125 Å². The first-order valence-electron chi connectivity index (χ1n) is 6.85. The summed E-state index contributed by atoms with van der Waals surface area (Å²) in [5, 5.41) is 2.62. The summed E-state index contributed by atoms with van der Waals surface area (Å²) in [4.78, 5) is 23.6. The highest BCUT2D eigenvalue weighted by Gasteiger charge is 2.32. The molecule has 1 amide bonds. The number of hydrogen-bond donors (Lipinski definition) is 2. The molecule has 0 aliphatic carbocycles. The Kier molecular flexibility index (Phi) is 2.86. The summed E-state index contributed by atoms with van der Waals surface area (Å²) in [5.41, 5.74) is 2.48. The van der Waals surface area contributed by atoms with Gasteiger partial charge < -0.3 is 9.72 Å². The van der Waals surface area contributed by atoms with E-state index in [1.54, 1.807) is 0 Å². The number of carbonyl (C=O) groups excluding carboxylic acids is 1. The maximum absolute atomic E-state index is 12.0. The highest BCUT2D eigenvalue weighted by Crippen LogP contribution is 2.23. The second-order valence-corrected chi connectivity index (χ2v) is 4.89. The van der Waals surface area contributed by atoms with E-state index in [9.17, 15) is 4.79 Å². The molecular weight excluding hydrogens is 280 g/mol. The maximum atomic E-state index is 12.0. The first kappa shape index (κ1) is 12.6. The Bertz CT molecular complexity index is 837. The van der Waals surface area contributed by atoms with Gasteiger partial charge in [0.05, 0.1) is 11.0 Å². The smallest absolute Gasteiger partial charge is 0.300 e. The highest BCUT2D eigenvalue weighted by atomic mass is 16.5. The van der Waals surface area contributed by atoms with Gasteiger partial charge in [0.15, 0.2) is 0 Å². The minimum absolute atomic E-state index is 0.151. The van der Waals surface area contributed by atoms with Crippen LogP contribution in [0.4, 0.5) is 5.95 Å². The molecule has 1 aliphatic rings. The lowest BCUT2D eigenvalue weighted by Crippen LogP contribution is -2.21. The minimum Gasteiger partial charge on any atom is -0.446 e. The number of benzene rings is 2. The van der Waals surface area contributed by atoms with Crippen molar-refractivity contribution in [2.45, 2.75) is 6.10 Å². The fourth-order valence-corrected chi connectivity index (χ4v) is 2.36. The van der Waals surface area contributed by atoms with Crippen molar-refractivity contribution in [2.24, 2.45) is 4.99 Å². The van der Waals surface area contributed by atoms with Crippen LogP contribution in [-0.2, 0) is 9.53 Å². The van der Waals surface area contributed by atoms with Crippen LogP contribution in [0, 0.1) is 0 Å². The van der Waals surface area contributed by atoms with E-state index in [4.69, 9.17) is 4.74 Å². The summed E-state index contributed by atoms with van der Waals surface area (Å²) in [6, 6.07) is 17.1. The molecule has 22 heavy (non-hydrogen) atoms. The number of H-pyrrole nitrogens is 1. The fourth-order valence-electron chi connectivity index (χ4n) is 2.36. The molecule has 1 atom stereocenters. The number of aliphatic imine (C=N–C) groups is 1. The van der Waals surface area contributed by atoms with E-state index >= 15 is 0 Å². The van der Waals surface area contributed by atoms with Gasteiger partial charge in [-0.1, -0.05) is 42.5 Å². The number of aromatic amines is 1. The number of aromatic nitrogens is 2. The minimum atomic E-state index is -0.677. The van der Waals surface area contributed by atoms with Crippen molar-refractivity contribution in [2.75, 3.05) is 0 Å². The van der Waals surface area contributed by atoms with Gasteiger partial charge in [-0.15, -0.1) is 0 Å². The van der Waals surface area contributed by atoms with E-state index in [-0.39, 0.29) is 11.9 Å². The first-order chi connectivity index (χ1) is 10.8. The van der Waals surface area contributed by atoms with Gasteiger partial charge in [-0.3, -0.25) is 10.1 Å². The Balaban J connectivity index is 1.62. The van der Waals surface area contributed by atoms with Gasteiger partial charge in [0.2, 0.25) is 12.1 Å². The number of amidine groups is 1. The zero-order valence-corrected chi connectivity index (χ0v) is 11.5. The number of hydrogen-bond acceptors (Lipinski definition) is 4. The number of amides is 1.